The Morgan fingerprint density at radius 1 is 0.971 bits per heavy atom. The lowest BCUT2D eigenvalue weighted by molar-refractivity contribution is -0.144. The van der Waals surface area contributed by atoms with Crippen molar-refractivity contribution >= 4 is 11.9 Å². The third-order valence-electron chi connectivity index (χ3n) is 8.16. The van der Waals surface area contributed by atoms with Crippen LogP contribution in [0.5, 0.6) is 0 Å². The summed E-state index contributed by atoms with van der Waals surface area (Å²) in [6, 6.07) is 9.88. The smallest absolute Gasteiger partial charge is 0.338 e. The summed E-state index contributed by atoms with van der Waals surface area (Å²) in [4.78, 5) is 28.4. The molecule has 0 spiro atoms. The molecular weight excluding hydrogens is 448 g/mol. The molecule has 2 fully saturated rings. The fourth-order valence-electron chi connectivity index (χ4n) is 6.02. The molecule has 1 unspecified atom stereocenters. The van der Waals surface area contributed by atoms with E-state index in [1.807, 2.05) is 32.0 Å². The van der Waals surface area contributed by atoms with Gasteiger partial charge < -0.3 is 19.7 Å². The average molecular weight is 479 g/mol. The van der Waals surface area contributed by atoms with E-state index < -0.39 is 12.2 Å². The van der Waals surface area contributed by atoms with Gasteiger partial charge in [0, 0.05) is 50.2 Å². The topological polar surface area (TPSA) is 99.5 Å². The largest absolute Gasteiger partial charge is 0.459 e. The first kappa shape index (κ1) is 22.7. The summed E-state index contributed by atoms with van der Waals surface area (Å²) in [5.74, 6) is -0.585. The van der Waals surface area contributed by atoms with E-state index in [2.05, 4.69) is 9.80 Å². The van der Waals surface area contributed by atoms with Crippen LogP contribution in [0, 0.1) is 6.92 Å². The maximum atomic E-state index is 12.0. The Labute approximate surface area is 204 Å². The van der Waals surface area contributed by atoms with Gasteiger partial charge in [-0.15, -0.1) is 0 Å². The first-order chi connectivity index (χ1) is 16.8. The zero-order chi connectivity index (χ0) is 24.4. The Balaban J connectivity index is 1.04. The normalized spacial score (nSPS) is 27.0. The minimum atomic E-state index is -0.624. The van der Waals surface area contributed by atoms with Gasteiger partial charge in [-0.25, -0.2) is 9.59 Å². The van der Waals surface area contributed by atoms with Crippen LogP contribution in [0.1, 0.15) is 67.7 Å². The third kappa shape index (κ3) is 3.76. The zero-order valence-corrected chi connectivity index (χ0v) is 19.9. The molecule has 5 atom stereocenters. The Bertz CT molecular complexity index is 1210. The molecule has 0 aliphatic carbocycles. The number of carbonyl (C=O) groups is 2. The first-order valence-corrected chi connectivity index (χ1v) is 12.3. The molecule has 2 aromatic carbocycles. The molecule has 4 heterocycles. The highest BCUT2D eigenvalue weighted by Gasteiger charge is 2.51. The van der Waals surface area contributed by atoms with Crippen LogP contribution in [-0.2, 0) is 22.5 Å². The molecule has 2 N–H and O–H groups in total. The Hall–Kier alpha value is -2.78. The molecule has 0 aromatic heterocycles. The molecule has 6 rings (SSSR count). The summed E-state index contributed by atoms with van der Waals surface area (Å²) in [6.45, 7) is 6.90. The number of likely N-dealkylation sites (tertiary alicyclic amines) is 2. The number of hydrogen-bond donors (Lipinski definition) is 2. The summed E-state index contributed by atoms with van der Waals surface area (Å²) >= 11 is 0. The first-order valence-electron chi connectivity index (χ1n) is 12.3. The van der Waals surface area contributed by atoms with Crippen LogP contribution in [-0.4, -0.2) is 76.3 Å². The third-order valence-corrected chi connectivity index (χ3v) is 8.16. The molecule has 2 aromatic rings. The van der Waals surface area contributed by atoms with Crippen LogP contribution in [0.4, 0.5) is 0 Å². The predicted molar refractivity (Wildman–Crippen MR) is 126 cm³/mol. The quantitative estimate of drug-likeness (QED) is 0.608. The predicted octanol–water partition coefficient (Wildman–Crippen LogP) is 1.90. The SMILES string of the molecule is Cc1c([C@@H](O)CN2CC3[C@@H]2CN3C[C@H](O)c2ccc3c(c2)C[C@H](C)OC3=O)ccc2c1COC2=O. The number of carbonyl (C=O) groups excluding carboxylic acids is 2. The number of ether oxygens (including phenoxy) is 2. The van der Waals surface area contributed by atoms with E-state index in [4.69, 9.17) is 9.47 Å². The van der Waals surface area contributed by atoms with Crippen molar-refractivity contribution < 1.29 is 29.3 Å². The van der Waals surface area contributed by atoms with Crippen LogP contribution in [0.3, 0.4) is 0 Å². The van der Waals surface area contributed by atoms with Gasteiger partial charge in [-0.05, 0) is 48.2 Å². The van der Waals surface area contributed by atoms with Crippen molar-refractivity contribution in [3.8, 4) is 0 Å². The number of aliphatic hydroxyl groups excluding tert-OH is 2. The van der Waals surface area contributed by atoms with E-state index in [0.29, 0.717) is 42.7 Å². The monoisotopic (exact) mass is 478 g/mol. The summed E-state index contributed by atoms with van der Waals surface area (Å²) < 4.78 is 10.4. The van der Waals surface area contributed by atoms with Crippen molar-refractivity contribution in [2.24, 2.45) is 0 Å². The molecule has 0 radical (unpaired) electrons. The molecule has 2 saturated heterocycles. The lowest BCUT2D eigenvalue weighted by Gasteiger charge is -2.62. The van der Waals surface area contributed by atoms with Gasteiger partial charge in [0.2, 0.25) is 0 Å². The Kier molecular flexibility index (Phi) is 5.45. The molecule has 35 heavy (non-hydrogen) atoms. The second kappa shape index (κ2) is 8.41. The van der Waals surface area contributed by atoms with E-state index in [1.165, 1.54) is 0 Å². The second-order valence-corrected chi connectivity index (χ2v) is 10.3. The molecule has 4 aliphatic rings. The number of hydrogen-bond acceptors (Lipinski definition) is 8. The number of nitrogens with zero attached hydrogens (tertiary/aromatic N) is 2. The number of aliphatic hydroxyl groups is 2. The minimum Gasteiger partial charge on any atom is -0.459 e. The number of benzene rings is 2. The lowest BCUT2D eigenvalue weighted by atomic mass is 9.83. The molecule has 0 amide bonds. The van der Waals surface area contributed by atoms with E-state index in [9.17, 15) is 19.8 Å². The highest BCUT2D eigenvalue weighted by molar-refractivity contribution is 5.94. The van der Waals surface area contributed by atoms with E-state index in [-0.39, 0.29) is 24.6 Å². The fraction of sp³-hybridized carbons (Fsp3) is 0.481. The van der Waals surface area contributed by atoms with Crippen LogP contribution < -0.4 is 0 Å². The van der Waals surface area contributed by atoms with Crippen LogP contribution in [0.15, 0.2) is 30.3 Å². The standard InChI is InChI=1S/C27H30N2O6/c1-14-7-17-8-16(3-4-19(17)27(33)35-14)24(30)11-28-9-23-22(28)10-29(23)12-25(31)18-5-6-20-21(15(18)2)13-34-26(20)32/h3-6,8,14,22-25,30-31H,7,9-13H2,1-2H3/t14-,22?,23-,24-,25-/m0/s1. The molecule has 184 valence electrons. The molecule has 0 saturated carbocycles. The number of cyclic esters (lactones) is 2. The zero-order valence-electron chi connectivity index (χ0n) is 19.9. The van der Waals surface area contributed by atoms with Crippen molar-refractivity contribution in [1.82, 2.24) is 9.80 Å². The van der Waals surface area contributed by atoms with Gasteiger partial charge in [0.25, 0.3) is 0 Å². The molecular formula is C27H30N2O6. The van der Waals surface area contributed by atoms with E-state index >= 15 is 0 Å². The average Bonchev–Trinajstić information content (AvgIpc) is 3.20. The van der Waals surface area contributed by atoms with Crippen LogP contribution >= 0.6 is 0 Å². The van der Waals surface area contributed by atoms with Gasteiger partial charge in [0.1, 0.15) is 12.7 Å². The van der Waals surface area contributed by atoms with Gasteiger partial charge in [0.15, 0.2) is 0 Å². The number of piperazine rings is 1. The molecule has 0 bridgehead atoms. The maximum Gasteiger partial charge on any atom is 0.338 e. The van der Waals surface area contributed by atoms with E-state index in [1.54, 1.807) is 12.1 Å². The number of esters is 2. The highest BCUT2D eigenvalue weighted by atomic mass is 16.5. The van der Waals surface area contributed by atoms with Crippen molar-refractivity contribution in [2.45, 2.75) is 57.3 Å². The van der Waals surface area contributed by atoms with Gasteiger partial charge >= 0.3 is 11.9 Å². The van der Waals surface area contributed by atoms with Crippen LogP contribution in [0.2, 0.25) is 0 Å². The number of β-amino-alcohol motifs (C(OH)–C–C–N with tert-alkyl or cyclic N) is 2. The van der Waals surface area contributed by atoms with Crippen molar-refractivity contribution in [3.05, 3.63) is 69.3 Å². The summed E-state index contributed by atoms with van der Waals surface area (Å²) in [6.07, 6.45) is -0.721. The van der Waals surface area contributed by atoms with Gasteiger partial charge in [-0.2, -0.15) is 0 Å². The van der Waals surface area contributed by atoms with Gasteiger partial charge in [0.05, 0.1) is 23.3 Å². The molecule has 8 nitrogen and oxygen atoms in total. The van der Waals surface area contributed by atoms with Crippen molar-refractivity contribution in [3.63, 3.8) is 0 Å². The summed E-state index contributed by atoms with van der Waals surface area (Å²) in [5, 5.41) is 21.8. The van der Waals surface area contributed by atoms with Crippen molar-refractivity contribution in [1.29, 1.82) is 0 Å². The number of rotatable bonds is 6. The maximum absolute atomic E-state index is 12.0. The van der Waals surface area contributed by atoms with Gasteiger partial charge in [-0.1, -0.05) is 18.2 Å². The van der Waals surface area contributed by atoms with Crippen molar-refractivity contribution in [2.75, 3.05) is 26.2 Å². The second-order valence-electron chi connectivity index (χ2n) is 10.3. The fourth-order valence-corrected chi connectivity index (χ4v) is 6.02. The minimum absolute atomic E-state index is 0.147. The Morgan fingerprint density at radius 3 is 2.37 bits per heavy atom. The van der Waals surface area contributed by atoms with Gasteiger partial charge in [-0.3, -0.25) is 9.80 Å². The molecule has 8 heteroatoms. The summed E-state index contributed by atoms with van der Waals surface area (Å²) in [5.41, 5.74) is 5.62. The lowest BCUT2D eigenvalue weighted by Crippen LogP contribution is -2.79. The van der Waals surface area contributed by atoms with Crippen LogP contribution in [0.25, 0.3) is 0 Å². The molecule has 4 aliphatic heterocycles. The Morgan fingerprint density at radius 2 is 1.66 bits per heavy atom. The van der Waals surface area contributed by atoms with E-state index in [0.717, 1.165) is 40.9 Å². The summed E-state index contributed by atoms with van der Waals surface area (Å²) in [7, 11) is 0. The number of fused-ring (bicyclic) bond motifs is 3. The highest BCUT2D eigenvalue weighted by Crippen LogP contribution is 2.37.